The predicted molar refractivity (Wildman–Crippen MR) is 120 cm³/mol. The molecule has 0 aliphatic heterocycles. The molecular formula is C24H27N3O2. The lowest BCUT2D eigenvalue weighted by Crippen LogP contribution is -2.20. The first-order chi connectivity index (χ1) is 13.7. The fourth-order valence-electron chi connectivity index (χ4n) is 3.14. The van der Waals surface area contributed by atoms with Crippen molar-refractivity contribution in [1.82, 2.24) is 4.98 Å². The van der Waals surface area contributed by atoms with E-state index in [2.05, 4.69) is 36.4 Å². The number of aromatic amines is 1. The Labute approximate surface area is 171 Å². The number of H-pyrrole nitrogens is 1. The molecule has 0 spiro atoms. The Bertz CT molecular complexity index is 1090. The van der Waals surface area contributed by atoms with E-state index in [1.807, 2.05) is 44.3 Å². The number of hydrogen-bond donors (Lipinski definition) is 3. The number of aromatic nitrogens is 1. The summed E-state index contributed by atoms with van der Waals surface area (Å²) >= 11 is 0. The number of rotatable bonds is 4. The third-order valence-corrected chi connectivity index (χ3v) is 5.00. The average molecular weight is 389 g/mol. The number of benzene rings is 2. The normalized spacial score (nSPS) is 11.2. The van der Waals surface area contributed by atoms with Crippen LogP contribution in [0.2, 0.25) is 0 Å². The van der Waals surface area contributed by atoms with Crippen LogP contribution in [0.5, 0.6) is 0 Å². The average Bonchev–Trinajstić information content (AvgIpc) is 2.69. The molecule has 0 atom stereocenters. The molecule has 0 saturated carbocycles. The second kappa shape index (κ2) is 7.95. The summed E-state index contributed by atoms with van der Waals surface area (Å²) < 4.78 is 0. The molecule has 1 heterocycles. The zero-order valence-corrected chi connectivity index (χ0v) is 17.5. The third kappa shape index (κ3) is 4.57. The summed E-state index contributed by atoms with van der Waals surface area (Å²) in [7, 11) is 1.86. The highest BCUT2D eigenvalue weighted by atomic mass is 16.2. The van der Waals surface area contributed by atoms with Crippen LogP contribution in [0.25, 0.3) is 11.1 Å². The van der Waals surface area contributed by atoms with E-state index in [4.69, 9.17) is 0 Å². The zero-order valence-electron chi connectivity index (χ0n) is 17.5. The molecule has 0 aliphatic carbocycles. The summed E-state index contributed by atoms with van der Waals surface area (Å²) in [4.78, 5) is 27.7. The molecule has 29 heavy (non-hydrogen) atoms. The summed E-state index contributed by atoms with van der Waals surface area (Å²) in [5, 5.41) is 5.86. The van der Waals surface area contributed by atoms with E-state index in [-0.39, 0.29) is 22.6 Å². The maximum Gasteiger partial charge on any atom is 0.271 e. The molecule has 0 unspecified atom stereocenters. The molecule has 3 aromatic rings. The first-order valence-corrected chi connectivity index (χ1v) is 9.62. The van der Waals surface area contributed by atoms with Crippen molar-refractivity contribution in [3.05, 3.63) is 81.8 Å². The van der Waals surface area contributed by atoms with Gasteiger partial charge in [0.2, 0.25) is 0 Å². The number of pyridine rings is 1. The smallest absolute Gasteiger partial charge is 0.271 e. The van der Waals surface area contributed by atoms with Crippen LogP contribution in [0, 0.1) is 6.92 Å². The Balaban J connectivity index is 1.89. The molecule has 0 radical (unpaired) electrons. The van der Waals surface area contributed by atoms with Gasteiger partial charge in [-0.15, -0.1) is 0 Å². The van der Waals surface area contributed by atoms with Crippen LogP contribution in [-0.4, -0.2) is 17.9 Å². The molecule has 5 nitrogen and oxygen atoms in total. The molecular weight excluding hydrogens is 362 g/mol. The second-order valence-electron chi connectivity index (χ2n) is 8.19. The minimum atomic E-state index is -0.337. The van der Waals surface area contributed by atoms with Crippen molar-refractivity contribution in [3.63, 3.8) is 0 Å². The van der Waals surface area contributed by atoms with Gasteiger partial charge in [0.15, 0.2) is 0 Å². The fraction of sp³-hybridized carbons (Fsp3) is 0.250. The molecule has 3 rings (SSSR count). The monoisotopic (exact) mass is 389 g/mol. The van der Waals surface area contributed by atoms with Gasteiger partial charge in [-0.1, -0.05) is 39.0 Å². The molecule has 150 valence electrons. The summed E-state index contributed by atoms with van der Waals surface area (Å²) in [5.74, 6) is -0.311. The predicted octanol–water partition coefficient (Wildman–Crippen LogP) is 4.94. The van der Waals surface area contributed by atoms with Gasteiger partial charge in [0.05, 0.1) is 0 Å². The van der Waals surface area contributed by atoms with Gasteiger partial charge in [-0.25, -0.2) is 0 Å². The molecule has 0 aliphatic rings. The number of nitrogens with one attached hydrogen (secondary N) is 3. The van der Waals surface area contributed by atoms with Crippen molar-refractivity contribution >= 4 is 17.3 Å². The van der Waals surface area contributed by atoms with Gasteiger partial charge in [0.25, 0.3) is 11.5 Å². The van der Waals surface area contributed by atoms with E-state index in [0.29, 0.717) is 5.56 Å². The second-order valence-corrected chi connectivity index (χ2v) is 8.19. The first kappa shape index (κ1) is 20.4. The van der Waals surface area contributed by atoms with Gasteiger partial charge >= 0.3 is 0 Å². The largest absolute Gasteiger partial charge is 0.388 e. The SMILES string of the molecule is CNc1ccc(C)c(-c2c[nH]c(=O)c(NC(=O)c3ccc(C(C)(C)C)cc3)c2)c1. The number of carbonyl (C=O) groups is 1. The quantitative estimate of drug-likeness (QED) is 0.591. The lowest BCUT2D eigenvalue weighted by atomic mass is 9.87. The van der Waals surface area contributed by atoms with Crippen molar-refractivity contribution in [2.24, 2.45) is 0 Å². The van der Waals surface area contributed by atoms with Crippen LogP contribution in [0.1, 0.15) is 42.3 Å². The molecule has 0 fully saturated rings. The number of aryl methyl sites for hydroxylation is 1. The first-order valence-electron chi connectivity index (χ1n) is 9.62. The lowest BCUT2D eigenvalue weighted by molar-refractivity contribution is 0.102. The van der Waals surface area contributed by atoms with Crippen molar-refractivity contribution < 1.29 is 4.79 Å². The van der Waals surface area contributed by atoms with Crippen LogP contribution in [0.3, 0.4) is 0 Å². The Morgan fingerprint density at radius 3 is 2.31 bits per heavy atom. The fourth-order valence-corrected chi connectivity index (χ4v) is 3.14. The molecule has 0 saturated heterocycles. The van der Waals surface area contributed by atoms with Gasteiger partial charge in [-0.3, -0.25) is 9.59 Å². The van der Waals surface area contributed by atoms with Crippen molar-refractivity contribution in [1.29, 1.82) is 0 Å². The van der Waals surface area contributed by atoms with Gasteiger partial charge < -0.3 is 15.6 Å². The number of anilines is 2. The van der Waals surface area contributed by atoms with Crippen molar-refractivity contribution in [2.45, 2.75) is 33.1 Å². The van der Waals surface area contributed by atoms with Gasteiger partial charge in [0.1, 0.15) is 5.69 Å². The minimum absolute atomic E-state index is 0.0141. The zero-order chi connectivity index (χ0) is 21.2. The topological polar surface area (TPSA) is 74.0 Å². The molecule has 0 bridgehead atoms. The van der Waals surface area contributed by atoms with Crippen LogP contribution >= 0.6 is 0 Å². The van der Waals surface area contributed by atoms with Crippen molar-refractivity contribution in [3.8, 4) is 11.1 Å². The van der Waals surface area contributed by atoms with E-state index in [1.54, 1.807) is 24.4 Å². The van der Waals surface area contributed by atoms with Gasteiger partial charge in [-0.2, -0.15) is 0 Å². The maximum absolute atomic E-state index is 12.7. The summed E-state index contributed by atoms with van der Waals surface area (Å²) in [5.41, 5.74) is 5.42. The minimum Gasteiger partial charge on any atom is -0.388 e. The highest BCUT2D eigenvalue weighted by molar-refractivity contribution is 6.04. The highest BCUT2D eigenvalue weighted by Crippen LogP contribution is 2.27. The standard InChI is InChI=1S/C24H27N3O2/c1-15-6-11-19(25-5)13-20(15)17-12-21(23(29)26-14-17)27-22(28)16-7-9-18(10-8-16)24(2,3)4/h6-14,25H,1-5H3,(H,26,29)(H,27,28). The third-order valence-electron chi connectivity index (χ3n) is 5.00. The lowest BCUT2D eigenvalue weighted by Gasteiger charge is -2.19. The van der Waals surface area contributed by atoms with Gasteiger partial charge in [-0.05, 0) is 59.4 Å². The molecule has 5 heteroatoms. The number of amides is 1. The molecule has 3 N–H and O–H groups in total. The maximum atomic E-state index is 12.7. The molecule has 1 aromatic heterocycles. The van der Waals surface area contributed by atoms with Gasteiger partial charge in [0, 0.05) is 30.1 Å². The van der Waals surface area contributed by atoms with Crippen LogP contribution < -0.4 is 16.2 Å². The molecule has 1 amide bonds. The van der Waals surface area contributed by atoms with E-state index in [1.165, 1.54) is 0 Å². The van der Waals surface area contributed by atoms with Crippen LogP contribution in [0.4, 0.5) is 11.4 Å². The Kier molecular flexibility index (Phi) is 5.59. The summed E-state index contributed by atoms with van der Waals surface area (Å²) in [6, 6.07) is 15.2. The number of carbonyl (C=O) groups excluding carboxylic acids is 1. The number of hydrogen-bond acceptors (Lipinski definition) is 3. The Hall–Kier alpha value is -3.34. The van der Waals surface area contributed by atoms with E-state index >= 15 is 0 Å². The summed E-state index contributed by atoms with van der Waals surface area (Å²) in [6.45, 7) is 8.38. The van der Waals surface area contributed by atoms with E-state index in [9.17, 15) is 9.59 Å². The van der Waals surface area contributed by atoms with E-state index in [0.717, 1.165) is 27.9 Å². The van der Waals surface area contributed by atoms with Crippen LogP contribution in [-0.2, 0) is 5.41 Å². The highest BCUT2D eigenvalue weighted by Gasteiger charge is 2.15. The summed E-state index contributed by atoms with van der Waals surface area (Å²) in [6.07, 6.45) is 1.66. The molecule has 2 aromatic carbocycles. The van der Waals surface area contributed by atoms with Crippen LogP contribution in [0.15, 0.2) is 59.5 Å². The van der Waals surface area contributed by atoms with Crippen molar-refractivity contribution in [2.75, 3.05) is 17.7 Å². The Morgan fingerprint density at radius 1 is 1.00 bits per heavy atom. The van der Waals surface area contributed by atoms with E-state index < -0.39 is 0 Å². The Morgan fingerprint density at radius 2 is 1.69 bits per heavy atom.